The molecule has 2 heterocycles. The molecule has 3 rings (SSSR count). The molecule has 0 unspecified atom stereocenters. The number of carbonyl (C=O) groups is 1. The van der Waals surface area contributed by atoms with E-state index in [9.17, 15) is 4.79 Å². The Morgan fingerprint density at radius 2 is 2.35 bits per heavy atom. The molecule has 1 aliphatic rings. The second-order valence-corrected chi connectivity index (χ2v) is 4.74. The summed E-state index contributed by atoms with van der Waals surface area (Å²) in [5.74, 6) is 0.00933. The van der Waals surface area contributed by atoms with Crippen molar-refractivity contribution in [3.05, 3.63) is 36.2 Å². The van der Waals surface area contributed by atoms with Crippen molar-refractivity contribution in [1.82, 2.24) is 25.1 Å². The number of morpholine rings is 1. The summed E-state index contributed by atoms with van der Waals surface area (Å²) in [6.45, 7) is 3.79. The highest BCUT2D eigenvalue weighted by Gasteiger charge is 2.22. The van der Waals surface area contributed by atoms with Gasteiger partial charge in [-0.25, -0.2) is 4.68 Å². The van der Waals surface area contributed by atoms with Gasteiger partial charge in [0, 0.05) is 18.7 Å². The molecule has 1 aromatic carbocycles. The van der Waals surface area contributed by atoms with Crippen molar-refractivity contribution < 1.29 is 9.53 Å². The van der Waals surface area contributed by atoms with E-state index in [0.29, 0.717) is 25.3 Å². The average molecular weight is 273 g/mol. The van der Waals surface area contributed by atoms with Crippen molar-refractivity contribution in [3.63, 3.8) is 0 Å². The predicted molar refractivity (Wildman–Crippen MR) is 70.5 cm³/mol. The van der Waals surface area contributed by atoms with Gasteiger partial charge in [0.15, 0.2) is 0 Å². The second-order valence-electron chi connectivity index (χ2n) is 4.74. The highest BCUT2D eigenvalue weighted by Crippen LogP contribution is 2.13. The van der Waals surface area contributed by atoms with Crippen LogP contribution in [0.2, 0.25) is 0 Å². The monoisotopic (exact) mass is 273 g/mol. The lowest BCUT2D eigenvalue weighted by Gasteiger charge is -2.31. The van der Waals surface area contributed by atoms with Gasteiger partial charge in [-0.05, 0) is 35.5 Å². The summed E-state index contributed by atoms with van der Waals surface area (Å²) < 4.78 is 6.98. The van der Waals surface area contributed by atoms with Crippen LogP contribution in [0, 0.1) is 0 Å². The lowest BCUT2D eigenvalue weighted by atomic mass is 10.1. The van der Waals surface area contributed by atoms with Crippen LogP contribution in [-0.2, 0) is 4.74 Å². The zero-order chi connectivity index (χ0) is 13.9. The summed E-state index contributed by atoms with van der Waals surface area (Å²) in [4.78, 5) is 14.3. The molecular formula is C13H15N5O2. The van der Waals surface area contributed by atoms with Crippen molar-refractivity contribution in [2.45, 2.75) is 13.0 Å². The summed E-state index contributed by atoms with van der Waals surface area (Å²) in [5.41, 5.74) is 1.40. The summed E-state index contributed by atoms with van der Waals surface area (Å²) in [5, 5.41) is 11.0. The van der Waals surface area contributed by atoms with E-state index < -0.39 is 0 Å². The molecule has 104 valence electrons. The van der Waals surface area contributed by atoms with Gasteiger partial charge in [0.1, 0.15) is 6.33 Å². The topological polar surface area (TPSA) is 73.1 Å². The Morgan fingerprint density at radius 1 is 1.45 bits per heavy atom. The smallest absolute Gasteiger partial charge is 0.254 e. The van der Waals surface area contributed by atoms with Crippen LogP contribution >= 0.6 is 0 Å². The number of rotatable bonds is 2. The molecule has 7 nitrogen and oxygen atoms in total. The molecule has 0 aliphatic carbocycles. The molecule has 0 bridgehead atoms. The lowest BCUT2D eigenvalue weighted by Crippen LogP contribution is -2.44. The van der Waals surface area contributed by atoms with Crippen LogP contribution < -0.4 is 0 Å². The largest absolute Gasteiger partial charge is 0.375 e. The molecule has 20 heavy (non-hydrogen) atoms. The molecular weight excluding hydrogens is 258 g/mol. The van der Waals surface area contributed by atoms with Gasteiger partial charge in [0.25, 0.3) is 5.91 Å². The maximum atomic E-state index is 12.5. The predicted octanol–water partition coefficient (Wildman–Crippen LogP) is 0.523. The number of hydrogen-bond acceptors (Lipinski definition) is 5. The Morgan fingerprint density at radius 3 is 3.10 bits per heavy atom. The van der Waals surface area contributed by atoms with Gasteiger partial charge in [-0.15, -0.1) is 5.10 Å². The Bertz CT molecular complexity index is 599. The molecule has 7 heteroatoms. The number of amides is 1. The number of tetrazole rings is 1. The van der Waals surface area contributed by atoms with E-state index in [1.807, 2.05) is 24.0 Å². The number of ether oxygens (including phenoxy) is 1. The second kappa shape index (κ2) is 5.38. The Balaban J connectivity index is 1.83. The number of aromatic nitrogens is 4. The first-order valence-electron chi connectivity index (χ1n) is 6.48. The SMILES string of the molecule is C[C@H]1CN(C(=O)c2cccc(-n3cnnn3)c2)CCO1. The van der Waals surface area contributed by atoms with Gasteiger partial charge in [0.05, 0.1) is 18.4 Å². The van der Waals surface area contributed by atoms with Crippen molar-refractivity contribution in [1.29, 1.82) is 0 Å². The van der Waals surface area contributed by atoms with Crippen molar-refractivity contribution in [2.24, 2.45) is 0 Å². The summed E-state index contributed by atoms with van der Waals surface area (Å²) in [6, 6.07) is 7.28. The first-order chi connectivity index (χ1) is 9.74. The Kier molecular flexibility index (Phi) is 3.42. The number of nitrogens with zero attached hydrogens (tertiary/aromatic N) is 5. The third-order valence-corrected chi connectivity index (χ3v) is 3.23. The van der Waals surface area contributed by atoms with E-state index in [2.05, 4.69) is 15.5 Å². The lowest BCUT2D eigenvalue weighted by molar-refractivity contribution is -0.0124. The van der Waals surface area contributed by atoms with Crippen molar-refractivity contribution in [3.8, 4) is 5.69 Å². The quantitative estimate of drug-likeness (QED) is 0.797. The molecule has 1 fully saturated rings. The fourth-order valence-electron chi connectivity index (χ4n) is 2.25. The molecule has 0 radical (unpaired) electrons. The molecule has 0 N–H and O–H groups in total. The number of hydrogen-bond donors (Lipinski definition) is 0. The van der Waals surface area contributed by atoms with E-state index in [-0.39, 0.29) is 12.0 Å². The van der Waals surface area contributed by atoms with E-state index in [1.165, 1.54) is 11.0 Å². The van der Waals surface area contributed by atoms with E-state index in [4.69, 9.17) is 4.74 Å². The maximum absolute atomic E-state index is 12.5. The van der Waals surface area contributed by atoms with Crippen LogP contribution in [0.15, 0.2) is 30.6 Å². The minimum absolute atomic E-state index is 0.00933. The van der Waals surface area contributed by atoms with Crippen LogP contribution in [0.5, 0.6) is 0 Å². The van der Waals surface area contributed by atoms with Gasteiger partial charge in [-0.3, -0.25) is 4.79 Å². The third-order valence-electron chi connectivity index (χ3n) is 3.23. The minimum atomic E-state index is 0.00933. The highest BCUT2D eigenvalue weighted by atomic mass is 16.5. The zero-order valence-electron chi connectivity index (χ0n) is 11.1. The minimum Gasteiger partial charge on any atom is -0.375 e. The van der Waals surface area contributed by atoms with Crippen LogP contribution in [0.3, 0.4) is 0 Å². The normalized spacial score (nSPS) is 19.1. The van der Waals surface area contributed by atoms with Crippen LogP contribution in [0.25, 0.3) is 5.69 Å². The van der Waals surface area contributed by atoms with Gasteiger partial charge >= 0.3 is 0 Å². The Hall–Kier alpha value is -2.28. The van der Waals surface area contributed by atoms with Gasteiger partial charge in [-0.2, -0.15) is 0 Å². The van der Waals surface area contributed by atoms with Gasteiger partial charge in [-0.1, -0.05) is 6.07 Å². The molecule has 1 aromatic heterocycles. The van der Waals surface area contributed by atoms with Gasteiger partial charge < -0.3 is 9.64 Å². The Labute approximate surface area is 116 Å². The molecule has 1 aliphatic heterocycles. The molecule has 1 saturated heterocycles. The molecule has 0 spiro atoms. The van der Waals surface area contributed by atoms with Gasteiger partial charge in [0.2, 0.25) is 0 Å². The van der Waals surface area contributed by atoms with Crippen LogP contribution in [0.1, 0.15) is 17.3 Å². The highest BCUT2D eigenvalue weighted by molar-refractivity contribution is 5.94. The van der Waals surface area contributed by atoms with Crippen molar-refractivity contribution in [2.75, 3.05) is 19.7 Å². The first-order valence-corrected chi connectivity index (χ1v) is 6.48. The van der Waals surface area contributed by atoms with Crippen LogP contribution in [0.4, 0.5) is 0 Å². The molecule has 1 atom stereocenters. The molecule has 0 saturated carbocycles. The summed E-state index contributed by atoms with van der Waals surface area (Å²) in [7, 11) is 0. The standard InChI is InChI=1S/C13H15N5O2/c1-10-8-17(5-6-20-10)13(19)11-3-2-4-12(7-11)18-9-14-15-16-18/h2-4,7,9-10H,5-6,8H2,1H3/t10-/m0/s1. The van der Waals surface area contributed by atoms with Crippen LogP contribution in [-0.4, -0.2) is 56.8 Å². The number of carbonyl (C=O) groups excluding carboxylic acids is 1. The maximum Gasteiger partial charge on any atom is 0.254 e. The fourth-order valence-corrected chi connectivity index (χ4v) is 2.25. The molecule has 2 aromatic rings. The number of benzene rings is 1. The van der Waals surface area contributed by atoms with E-state index in [1.54, 1.807) is 12.1 Å². The summed E-state index contributed by atoms with van der Waals surface area (Å²) >= 11 is 0. The first kappa shape index (κ1) is 12.7. The van der Waals surface area contributed by atoms with Crippen molar-refractivity contribution >= 4 is 5.91 Å². The zero-order valence-corrected chi connectivity index (χ0v) is 11.1. The molecule has 1 amide bonds. The average Bonchev–Trinajstić information content (AvgIpc) is 3.01. The summed E-state index contributed by atoms with van der Waals surface area (Å²) in [6.07, 6.45) is 1.58. The fraction of sp³-hybridized carbons (Fsp3) is 0.385. The van der Waals surface area contributed by atoms with E-state index in [0.717, 1.165) is 5.69 Å². The third kappa shape index (κ3) is 2.53. The van der Waals surface area contributed by atoms with E-state index >= 15 is 0 Å².